The van der Waals surface area contributed by atoms with Crippen molar-refractivity contribution in [2.45, 2.75) is 0 Å². The summed E-state index contributed by atoms with van der Waals surface area (Å²) in [6.45, 7) is 0. The Morgan fingerprint density at radius 3 is 2.48 bits per heavy atom. The lowest BCUT2D eigenvalue weighted by Gasteiger charge is -2.03. The third-order valence-corrected chi connectivity index (χ3v) is 2.90. The van der Waals surface area contributed by atoms with E-state index in [-0.39, 0.29) is 22.7 Å². The van der Waals surface area contributed by atoms with Gasteiger partial charge in [0.05, 0.1) is 11.1 Å². The molecule has 0 atom stereocenters. The van der Waals surface area contributed by atoms with Gasteiger partial charge in [-0.05, 0) is 30.3 Å². The van der Waals surface area contributed by atoms with Gasteiger partial charge in [-0.2, -0.15) is 5.10 Å². The molecular formula is C15H11FN4O5. The zero-order chi connectivity index (χ0) is 18.4. The Balaban J connectivity index is 1.98. The number of carbonyl (C=O) groups is 2. The number of phenolic OH excluding ortho intramolecular Hbond substituents is 1. The number of phenols is 1. The summed E-state index contributed by atoms with van der Waals surface area (Å²) in [6.07, 6.45) is 0.950. The van der Waals surface area contributed by atoms with Gasteiger partial charge >= 0.3 is 11.8 Å². The van der Waals surface area contributed by atoms with Gasteiger partial charge < -0.3 is 10.4 Å². The Labute approximate surface area is 139 Å². The van der Waals surface area contributed by atoms with E-state index in [1.807, 2.05) is 5.43 Å². The number of nitrogens with one attached hydrogen (secondary N) is 2. The normalized spacial score (nSPS) is 10.4. The maximum atomic E-state index is 12.7. The van der Waals surface area contributed by atoms with Crippen molar-refractivity contribution in [3.05, 3.63) is 64.0 Å². The number of halogens is 1. The molecule has 0 radical (unpaired) electrons. The number of rotatable bonds is 4. The highest BCUT2D eigenvalue weighted by molar-refractivity contribution is 6.39. The first kappa shape index (κ1) is 17.5. The molecular weight excluding hydrogens is 335 g/mol. The summed E-state index contributed by atoms with van der Waals surface area (Å²) in [4.78, 5) is 33.2. The van der Waals surface area contributed by atoms with E-state index in [2.05, 4.69) is 10.4 Å². The first-order valence-corrected chi connectivity index (χ1v) is 6.74. The fourth-order valence-electron chi connectivity index (χ4n) is 1.69. The molecule has 10 heteroatoms. The van der Waals surface area contributed by atoms with Gasteiger partial charge in [0.15, 0.2) is 0 Å². The van der Waals surface area contributed by atoms with Crippen LogP contribution in [0.3, 0.4) is 0 Å². The van der Waals surface area contributed by atoms with Crippen LogP contribution in [0.4, 0.5) is 15.8 Å². The van der Waals surface area contributed by atoms with E-state index >= 15 is 0 Å². The van der Waals surface area contributed by atoms with Crippen molar-refractivity contribution >= 4 is 29.4 Å². The van der Waals surface area contributed by atoms with Crippen molar-refractivity contribution < 1.29 is 24.0 Å². The molecule has 0 bridgehead atoms. The molecule has 2 aromatic carbocycles. The summed E-state index contributed by atoms with van der Waals surface area (Å²) in [7, 11) is 0. The van der Waals surface area contributed by atoms with Gasteiger partial charge in [-0.25, -0.2) is 9.82 Å². The lowest BCUT2D eigenvalue weighted by molar-refractivity contribution is -0.384. The number of non-ortho nitro benzene ring substituents is 1. The predicted octanol–water partition coefficient (Wildman–Crippen LogP) is 1.53. The van der Waals surface area contributed by atoms with E-state index in [0.29, 0.717) is 0 Å². The number of hydrogen-bond donors (Lipinski definition) is 3. The van der Waals surface area contributed by atoms with E-state index in [9.17, 15) is 29.2 Å². The van der Waals surface area contributed by atoms with Gasteiger partial charge in [-0.3, -0.25) is 19.7 Å². The van der Waals surface area contributed by atoms with Crippen LogP contribution in [0.5, 0.6) is 5.75 Å². The molecule has 0 spiro atoms. The number of nitro groups is 1. The molecule has 2 rings (SSSR count). The second-order valence-corrected chi connectivity index (χ2v) is 4.66. The molecule has 2 aromatic rings. The maximum absolute atomic E-state index is 12.7. The van der Waals surface area contributed by atoms with Gasteiger partial charge in [0.25, 0.3) is 5.69 Å². The third-order valence-electron chi connectivity index (χ3n) is 2.90. The summed E-state index contributed by atoms with van der Waals surface area (Å²) in [5.41, 5.74) is 1.81. The van der Waals surface area contributed by atoms with Gasteiger partial charge in [0.2, 0.25) is 0 Å². The summed E-state index contributed by atoms with van der Waals surface area (Å²) < 4.78 is 12.7. The highest BCUT2D eigenvalue weighted by Crippen LogP contribution is 2.21. The number of hydrogen-bond acceptors (Lipinski definition) is 6. The van der Waals surface area contributed by atoms with Crippen molar-refractivity contribution in [1.82, 2.24) is 5.43 Å². The molecule has 0 saturated carbocycles. The largest absolute Gasteiger partial charge is 0.507 e. The van der Waals surface area contributed by atoms with Crippen molar-refractivity contribution in [2.24, 2.45) is 5.10 Å². The fraction of sp³-hybridized carbons (Fsp3) is 0. The zero-order valence-corrected chi connectivity index (χ0v) is 12.5. The van der Waals surface area contributed by atoms with Crippen LogP contribution in [-0.2, 0) is 9.59 Å². The molecule has 0 fully saturated rings. The highest BCUT2D eigenvalue weighted by atomic mass is 19.1. The van der Waals surface area contributed by atoms with Crippen molar-refractivity contribution in [1.29, 1.82) is 0 Å². The van der Waals surface area contributed by atoms with Crippen LogP contribution in [0.25, 0.3) is 0 Å². The zero-order valence-electron chi connectivity index (χ0n) is 12.5. The predicted molar refractivity (Wildman–Crippen MR) is 85.5 cm³/mol. The van der Waals surface area contributed by atoms with Crippen molar-refractivity contribution in [3.63, 3.8) is 0 Å². The molecule has 0 aliphatic rings. The molecule has 128 valence electrons. The summed E-state index contributed by atoms with van der Waals surface area (Å²) in [5.74, 6) is -2.96. The number of amides is 2. The van der Waals surface area contributed by atoms with Crippen LogP contribution in [0.15, 0.2) is 47.6 Å². The minimum atomic E-state index is -1.12. The summed E-state index contributed by atoms with van der Waals surface area (Å²) in [6, 6.07) is 8.00. The first-order valence-electron chi connectivity index (χ1n) is 6.74. The Morgan fingerprint density at radius 2 is 1.84 bits per heavy atom. The SMILES string of the molecule is O=C(N/N=C/c1cc([N+](=O)[O-])ccc1O)C(=O)Nc1ccc(F)cc1. The van der Waals surface area contributed by atoms with Crippen LogP contribution in [0.2, 0.25) is 0 Å². The standard InChI is InChI=1S/C15H11FN4O5/c16-10-1-3-11(4-2-10)18-14(22)15(23)19-17-8-9-7-12(20(24)25)5-6-13(9)21/h1-8,21H,(H,18,22)(H,19,23)/b17-8+. The number of nitro benzene ring substituents is 1. The van der Waals surface area contributed by atoms with E-state index in [1.54, 1.807) is 0 Å². The molecule has 0 aromatic heterocycles. The average molecular weight is 346 g/mol. The van der Waals surface area contributed by atoms with Crippen molar-refractivity contribution in [3.8, 4) is 5.75 Å². The smallest absolute Gasteiger partial charge is 0.329 e. The quantitative estimate of drug-likeness (QED) is 0.334. The number of anilines is 1. The Kier molecular flexibility index (Phi) is 5.36. The monoisotopic (exact) mass is 346 g/mol. The number of benzene rings is 2. The first-order chi connectivity index (χ1) is 11.9. The maximum Gasteiger partial charge on any atom is 0.329 e. The van der Waals surface area contributed by atoms with Crippen LogP contribution in [-0.4, -0.2) is 28.1 Å². The van der Waals surface area contributed by atoms with E-state index in [1.165, 1.54) is 12.1 Å². The topological polar surface area (TPSA) is 134 Å². The molecule has 0 unspecified atom stereocenters. The molecule has 25 heavy (non-hydrogen) atoms. The van der Waals surface area contributed by atoms with Gasteiger partial charge in [0, 0.05) is 23.4 Å². The molecule has 3 N–H and O–H groups in total. The van der Waals surface area contributed by atoms with Gasteiger partial charge in [-0.1, -0.05) is 0 Å². The lowest BCUT2D eigenvalue weighted by Crippen LogP contribution is -2.32. The average Bonchev–Trinajstić information content (AvgIpc) is 2.58. The molecule has 9 nitrogen and oxygen atoms in total. The summed E-state index contributed by atoms with van der Waals surface area (Å²) >= 11 is 0. The lowest BCUT2D eigenvalue weighted by atomic mass is 10.2. The highest BCUT2D eigenvalue weighted by Gasteiger charge is 2.13. The molecule has 0 aliphatic carbocycles. The number of hydrazone groups is 1. The third kappa shape index (κ3) is 4.82. The minimum absolute atomic E-state index is 0.0200. The second kappa shape index (κ2) is 7.64. The molecule has 2 amide bonds. The van der Waals surface area contributed by atoms with Crippen LogP contribution < -0.4 is 10.7 Å². The Hall–Kier alpha value is -3.82. The summed E-state index contributed by atoms with van der Waals surface area (Å²) in [5, 5.41) is 25.9. The van der Waals surface area contributed by atoms with Crippen LogP contribution >= 0.6 is 0 Å². The Bertz CT molecular complexity index is 852. The molecule has 0 aliphatic heterocycles. The molecule has 0 saturated heterocycles. The number of nitrogens with zero attached hydrogens (tertiary/aromatic N) is 2. The van der Waals surface area contributed by atoms with Crippen molar-refractivity contribution in [2.75, 3.05) is 5.32 Å². The Morgan fingerprint density at radius 1 is 1.16 bits per heavy atom. The van der Waals surface area contributed by atoms with Crippen LogP contribution in [0, 0.1) is 15.9 Å². The number of carbonyl (C=O) groups excluding carboxylic acids is 2. The minimum Gasteiger partial charge on any atom is -0.507 e. The fourth-order valence-corrected chi connectivity index (χ4v) is 1.69. The number of aromatic hydroxyl groups is 1. The van der Waals surface area contributed by atoms with E-state index in [4.69, 9.17) is 0 Å². The second-order valence-electron chi connectivity index (χ2n) is 4.66. The molecule has 0 heterocycles. The van der Waals surface area contributed by atoms with Gasteiger partial charge in [0.1, 0.15) is 11.6 Å². The van der Waals surface area contributed by atoms with Crippen LogP contribution in [0.1, 0.15) is 5.56 Å². The van der Waals surface area contributed by atoms with E-state index in [0.717, 1.165) is 36.5 Å². The van der Waals surface area contributed by atoms with Gasteiger partial charge in [-0.15, -0.1) is 0 Å². The van der Waals surface area contributed by atoms with E-state index < -0.39 is 22.6 Å².